The number of urea groups is 1. The van der Waals surface area contributed by atoms with Crippen molar-refractivity contribution < 1.29 is 23.7 Å². The van der Waals surface area contributed by atoms with Crippen molar-refractivity contribution >= 4 is 22.6 Å². The van der Waals surface area contributed by atoms with E-state index in [1.165, 1.54) is 5.56 Å². The Bertz CT molecular complexity index is 1460. The fraction of sp³-hybridized carbons (Fsp3) is 0.290. The highest BCUT2D eigenvalue weighted by Gasteiger charge is 2.21. The van der Waals surface area contributed by atoms with E-state index in [-0.39, 0.29) is 6.03 Å². The Morgan fingerprint density at radius 3 is 2.33 bits per heavy atom. The number of hydrogen-bond acceptors (Lipinski definition) is 7. The van der Waals surface area contributed by atoms with Crippen molar-refractivity contribution in [3.8, 4) is 28.7 Å². The first kappa shape index (κ1) is 27.1. The monoisotopic (exact) mass is 542 g/mol. The second-order valence-electron chi connectivity index (χ2n) is 9.68. The fourth-order valence-electron chi connectivity index (χ4n) is 4.99. The molecule has 5 rings (SSSR count). The molecule has 0 saturated carbocycles. The molecule has 4 aromatic rings. The second kappa shape index (κ2) is 12.6. The average molecular weight is 543 g/mol. The van der Waals surface area contributed by atoms with Crippen molar-refractivity contribution in [3.63, 3.8) is 0 Å². The molecule has 0 radical (unpaired) electrons. The molecular weight excluding hydrogens is 508 g/mol. The number of carbonyl (C=O) groups is 1. The van der Waals surface area contributed by atoms with Crippen molar-refractivity contribution in [2.45, 2.75) is 19.3 Å². The molecule has 9 nitrogen and oxygen atoms in total. The van der Waals surface area contributed by atoms with Gasteiger partial charge in [0.2, 0.25) is 0 Å². The molecule has 0 atom stereocenters. The highest BCUT2D eigenvalue weighted by atomic mass is 16.5. The van der Waals surface area contributed by atoms with E-state index in [9.17, 15) is 4.79 Å². The third-order valence-corrected chi connectivity index (χ3v) is 7.10. The van der Waals surface area contributed by atoms with Crippen LogP contribution in [0.25, 0.3) is 10.9 Å². The second-order valence-corrected chi connectivity index (χ2v) is 9.68. The predicted molar refractivity (Wildman–Crippen MR) is 155 cm³/mol. The zero-order chi connectivity index (χ0) is 27.9. The number of rotatable bonds is 9. The minimum Gasteiger partial charge on any atom is -0.494 e. The van der Waals surface area contributed by atoms with Crippen LogP contribution in [0, 0.1) is 5.92 Å². The summed E-state index contributed by atoms with van der Waals surface area (Å²) in [7, 11) is 4.72. The van der Waals surface area contributed by atoms with Gasteiger partial charge >= 0.3 is 6.03 Å². The highest BCUT2D eigenvalue weighted by Crippen LogP contribution is 2.38. The molecule has 40 heavy (non-hydrogen) atoms. The predicted octanol–water partition coefficient (Wildman–Crippen LogP) is 6.04. The molecular formula is C31H34N4O5. The maximum absolute atomic E-state index is 12.8. The lowest BCUT2D eigenvalue weighted by Gasteiger charge is -2.32. The summed E-state index contributed by atoms with van der Waals surface area (Å²) >= 11 is 0. The Hall–Kier alpha value is -4.50. The van der Waals surface area contributed by atoms with Gasteiger partial charge in [0.1, 0.15) is 17.2 Å². The van der Waals surface area contributed by atoms with Gasteiger partial charge in [0.25, 0.3) is 0 Å². The number of nitrogens with one attached hydrogen (secondary N) is 2. The number of benzene rings is 3. The van der Waals surface area contributed by atoms with E-state index in [2.05, 4.69) is 40.0 Å². The normalized spacial score (nSPS) is 14.0. The van der Waals surface area contributed by atoms with Gasteiger partial charge in [-0.1, -0.05) is 30.3 Å². The van der Waals surface area contributed by atoms with Crippen LogP contribution >= 0.6 is 0 Å². The molecule has 2 N–H and O–H groups in total. The summed E-state index contributed by atoms with van der Waals surface area (Å²) in [4.78, 5) is 17.2. The van der Waals surface area contributed by atoms with Gasteiger partial charge in [0, 0.05) is 36.8 Å². The molecule has 0 spiro atoms. The van der Waals surface area contributed by atoms with Crippen LogP contribution in [0.3, 0.4) is 0 Å². The number of piperidine rings is 1. The van der Waals surface area contributed by atoms with Gasteiger partial charge in [-0.3, -0.25) is 10.4 Å². The van der Waals surface area contributed by atoms with E-state index in [1.54, 1.807) is 57.9 Å². The molecule has 9 heteroatoms. The quantitative estimate of drug-likeness (QED) is 0.266. The number of pyridine rings is 1. The molecule has 1 saturated heterocycles. The first-order chi connectivity index (χ1) is 19.6. The number of carbonyl (C=O) groups excluding carboxylic acids is 1. The Balaban J connectivity index is 1.20. The van der Waals surface area contributed by atoms with Gasteiger partial charge in [-0.05, 0) is 55.0 Å². The largest absolute Gasteiger partial charge is 0.494 e. The number of aromatic nitrogens is 1. The van der Waals surface area contributed by atoms with Crippen LogP contribution in [-0.2, 0) is 6.42 Å². The van der Waals surface area contributed by atoms with Crippen molar-refractivity contribution in [2.75, 3.05) is 39.7 Å². The summed E-state index contributed by atoms with van der Waals surface area (Å²) in [5.74, 6) is 3.42. The molecule has 1 aliphatic rings. The zero-order valence-electron chi connectivity index (χ0n) is 23.0. The maximum atomic E-state index is 12.8. The van der Waals surface area contributed by atoms with E-state index in [0.29, 0.717) is 45.9 Å². The van der Waals surface area contributed by atoms with Crippen LogP contribution in [0.15, 0.2) is 72.9 Å². The topological polar surface area (TPSA) is 94.2 Å². The number of methoxy groups -OCH3 is 3. The molecule has 0 unspecified atom stereocenters. The van der Waals surface area contributed by atoms with Crippen molar-refractivity contribution in [2.24, 2.45) is 5.92 Å². The molecule has 208 valence electrons. The lowest BCUT2D eigenvalue weighted by Crippen LogP contribution is -2.48. The van der Waals surface area contributed by atoms with Crippen LogP contribution < -0.4 is 29.7 Å². The van der Waals surface area contributed by atoms with Crippen LogP contribution in [-0.4, -0.2) is 50.4 Å². The molecule has 1 aliphatic heterocycles. The Morgan fingerprint density at radius 2 is 1.60 bits per heavy atom. The van der Waals surface area contributed by atoms with E-state index in [0.717, 1.165) is 37.7 Å². The van der Waals surface area contributed by atoms with Gasteiger partial charge in [0.05, 0.1) is 32.5 Å². The first-order valence-electron chi connectivity index (χ1n) is 13.3. The third kappa shape index (κ3) is 6.38. The van der Waals surface area contributed by atoms with Crippen LogP contribution in [0.5, 0.6) is 28.7 Å². The van der Waals surface area contributed by atoms with Crippen molar-refractivity contribution in [3.05, 3.63) is 78.5 Å². The SMILES string of the molecule is COc1cc(Oc2ccnc3cc(OC)c(OC)cc23)ccc1NC(=O)NN1CCC(Cc2ccccc2)CC1. The number of fused-ring (bicyclic) bond motifs is 1. The van der Waals surface area contributed by atoms with E-state index in [1.807, 2.05) is 17.1 Å². The summed E-state index contributed by atoms with van der Waals surface area (Å²) in [6.45, 7) is 1.62. The minimum absolute atomic E-state index is 0.311. The Labute approximate surface area is 234 Å². The minimum atomic E-state index is -0.311. The van der Waals surface area contributed by atoms with Gasteiger partial charge in [-0.15, -0.1) is 0 Å². The fourth-order valence-corrected chi connectivity index (χ4v) is 4.99. The summed E-state index contributed by atoms with van der Waals surface area (Å²) in [6.07, 6.45) is 4.81. The Morgan fingerprint density at radius 1 is 0.875 bits per heavy atom. The van der Waals surface area contributed by atoms with Gasteiger partial charge in [0.15, 0.2) is 11.5 Å². The van der Waals surface area contributed by atoms with Crippen molar-refractivity contribution in [1.29, 1.82) is 0 Å². The zero-order valence-corrected chi connectivity index (χ0v) is 23.0. The number of anilines is 1. The van der Waals surface area contributed by atoms with Crippen molar-refractivity contribution in [1.82, 2.24) is 15.4 Å². The summed E-state index contributed by atoms with van der Waals surface area (Å²) < 4.78 is 22.6. The van der Waals surface area contributed by atoms with Gasteiger partial charge < -0.3 is 24.3 Å². The molecule has 2 heterocycles. The lowest BCUT2D eigenvalue weighted by molar-refractivity contribution is 0.135. The van der Waals surface area contributed by atoms with E-state index in [4.69, 9.17) is 18.9 Å². The van der Waals surface area contributed by atoms with E-state index >= 15 is 0 Å². The average Bonchev–Trinajstić information content (AvgIpc) is 2.99. The summed E-state index contributed by atoms with van der Waals surface area (Å²) in [5, 5.41) is 5.64. The molecule has 1 fully saturated rings. The van der Waals surface area contributed by atoms with Gasteiger partial charge in [-0.2, -0.15) is 0 Å². The molecule has 0 bridgehead atoms. The maximum Gasteiger partial charge on any atom is 0.333 e. The number of ether oxygens (including phenoxy) is 4. The number of amides is 2. The molecule has 2 amide bonds. The first-order valence-corrected chi connectivity index (χ1v) is 13.3. The van der Waals surface area contributed by atoms with Crippen LogP contribution in [0.2, 0.25) is 0 Å². The lowest BCUT2D eigenvalue weighted by atomic mass is 9.91. The van der Waals surface area contributed by atoms with Crippen LogP contribution in [0.4, 0.5) is 10.5 Å². The number of hydrogen-bond donors (Lipinski definition) is 2. The standard InChI is InChI=1S/C31H34N4O5/c1-37-28-18-23(40-27-11-14-32-26-20-30(39-3)29(38-2)19-24(26)27)9-10-25(28)33-31(36)34-35-15-12-22(13-16-35)17-21-7-5-4-6-8-21/h4-11,14,18-20,22H,12-13,15-17H2,1-3H3,(H2,33,34,36). The smallest absolute Gasteiger partial charge is 0.333 e. The molecule has 1 aromatic heterocycles. The van der Waals surface area contributed by atoms with Crippen LogP contribution in [0.1, 0.15) is 18.4 Å². The van der Waals surface area contributed by atoms with E-state index < -0.39 is 0 Å². The summed E-state index contributed by atoms with van der Waals surface area (Å²) in [6, 6.07) is 20.9. The third-order valence-electron chi connectivity index (χ3n) is 7.10. The Kier molecular flexibility index (Phi) is 8.51. The molecule has 0 aliphatic carbocycles. The summed E-state index contributed by atoms with van der Waals surface area (Å²) in [5.41, 5.74) is 5.58. The highest BCUT2D eigenvalue weighted by molar-refractivity contribution is 5.91. The van der Waals surface area contributed by atoms with Gasteiger partial charge in [-0.25, -0.2) is 9.80 Å². The molecule has 3 aromatic carbocycles. The number of hydrazine groups is 1. The number of nitrogens with zero attached hydrogens (tertiary/aromatic N) is 2.